The standard InChI is InChI=1S/C23H36N6O5S/c1-11-18-17(12(2)27-16(30)9-24-3)22(32)29(18)19(23(33)34)20(11)35-14-7-15(26-8-14)21(31)28-6-5-13(10-28)25-4/h11-15,17-18,24-26H,5-10H2,1-4H3,(H,27,30)(H,33,34)/t11-,12-,13+,14?,15+,17-,18-/m1/s1. The van der Waals surface area contributed by atoms with Crippen LogP contribution in [0.25, 0.3) is 0 Å². The molecule has 3 amide bonds. The number of fused-ring (bicyclic) bond motifs is 1. The highest BCUT2D eigenvalue weighted by Gasteiger charge is 2.60. The zero-order chi connectivity index (χ0) is 25.4. The van der Waals surface area contributed by atoms with Gasteiger partial charge in [-0.25, -0.2) is 4.79 Å². The average Bonchev–Trinajstić information content (AvgIpc) is 3.52. The minimum atomic E-state index is -1.12. The van der Waals surface area contributed by atoms with E-state index in [1.54, 1.807) is 14.0 Å². The molecule has 35 heavy (non-hydrogen) atoms. The SMILES string of the molecule is CNCC(=O)N[C@H](C)[C@H]1C(=O)N2C(C(=O)O)=C(SC3CN[C@H](C(=O)N4CC[C@H](NC)C4)C3)[C@H](C)[C@H]12. The first-order valence-corrected chi connectivity index (χ1v) is 13.2. The second-order valence-corrected chi connectivity index (χ2v) is 11.3. The molecule has 0 aromatic heterocycles. The van der Waals surface area contributed by atoms with Crippen molar-refractivity contribution in [2.75, 3.05) is 40.3 Å². The number of amides is 3. The number of rotatable bonds is 9. The number of likely N-dealkylation sites (tertiary alicyclic amines) is 1. The summed E-state index contributed by atoms with van der Waals surface area (Å²) < 4.78 is 0. The molecule has 0 spiro atoms. The Balaban J connectivity index is 1.42. The molecule has 0 bridgehead atoms. The second kappa shape index (κ2) is 10.5. The van der Waals surface area contributed by atoms with E-state index in [2.05, 4.69) is 21.3 Å². The molecule has 4 aliphatic rings. The van der Waals surface area contributed by atoms with Gasteiger partial charge >= 0.3 is 5.97 Å². The first kappa shape index (κ1) is 25.9. The predicted octanol–water partition coefficient (Wildman–Crippen LogP) is -1.23. The molecular formula is C23H36N6O5S. The van der Waals surface area contributed by atoms with E-state index in [-0.39, 0.29) is 53.2 Å². The summed E-state index contributed by atoms with van der Waals surface area (Å²) in [7, 11) is 3.58. The smallest absolute Gasteiger partial charge is 0.353 e. The maximum atomic E-state index is 13.0. The summed E-state index contributed by atoms with van der Waals surface area (Å²) >= 11 is 1.48. The molecule has 5 N–H and O–H groups in total. The molecule has 0 aromatic carbocycles. The van der Waals surface area contributed by atoms with Crippen LogP contribution in [0.4, 0.5) is 0 Å². The second-order valence-electron chi connectivity index (χ2n) is 9.91. The van der Waals surface area contributed by atoms with Crippen molar-refractivity contribution in [3.63, 3.8) is 0 Å². The monoisotopic (exact) mass is 508 g/mol. The summed E-state index contributed by atoms with van der Waals surface area (Å²) in [6.07, 6.45) is 1.56. The molecule has 11 nitrogen and oxygen atoms in total. The maximum Gasteiger partial charge on any atom is 0.353 e. The van der Waals surface area contributed by atoms with E-state index in [1.807, 2.05) is 18.9 Å². The number of thioether (sulfide) groups is 1. The third-order valence-corrected chi connectivity index (χ3v) is 9.16. The van der Waals surface area contributed by atoms with Gasteiger partial charge in [-0.1, -0.05) is 6.92 Å². The number of nitrogens with one attached hydrogen (secondary N) is 4. The van der Waals surface area contributed by atoms with Crippen LogP contribution in [0.15, 0.2) is 10.6 Å². The van der Waals surface area contributed by atoms with E-state index in [4.69, 9.17) is 0 Å². The van der Waals surface area contributed by atoms with Crippen LogP contribution in [-0.2, 0) is 19.2 Å². The van der Waals surface area contributed by atoms with Gasteiger partial charge in [0.05, 0.1) is 24.5 Å². The van der Waals surface area contributed by atoms with Gasteiger partial charge in [-0.2, -0.15) is 0 Å². The molecule has 0 aromatic rings. The number of carboxylic acids is 1. The Morgan fingerprint density at radius 3 is 2.66 bits per heavy atom. The van der Waals surface area contributed by atoms with Crippen molar-refractivity contribution in [1.29, 1.82) is 0 Å². The molecule has 4 aliphatic heterocycles. The minimum absolute atomic E-state index is 0.0402. The lowest BCUT2D eigenvalue weighted by atomic mass is 9.78. The molecular weight excluding hydrogens is 472 g/mol. The van der Waals surface area contributed by atoms with Gasteiger partial charge in [-0.3, -0.25) is 14.4 Å². The molecule has 12 heteroatoms. The van der Waals surface area contributed by atoms with E-state index < -0.39 is 17.9 Å². The topological polar surface area (TPSA) is 143 Å². The lowest BCUT2D eigenvalue weighted by molar-refractivity contribution is -0.158. The molecule has 3 saturated heterocycles. The average molecular weight is 509 g/mol. The van der Waals surface area contributed by atoms with Crippen molar-refractivity contribution in [3.8, 4) is 0 Å². The number of nitrogens with zero attached hydrogens (tertiary/aromatic N) is 2. The van der Waals surface area contributed by atoms with Gasteiger partial charge < -0.3 is 36.2 Å². The Hall–Kier alpha value is -2.15. The maximum absolute atomic E-state index is 13.0. The Labute approximate surface area is 209 Å². The van der Waals surface area contributed by atoms with Gasteiger partial charge in [0, 0.05) is 47.8 Å². The number of β-lactam (4-membered cyclic amide) rings is 1. The van der Waals surface area contributed by atoms with Crippen LogP contribution in [0.3, 0.4) is 0 Å². The van der Waals surface area contributed by atoms with Gasteiger partial charge in [-0.05, 0) is 33.9 Å². The van der Waals surface area contributed by atoms with Crippen LogP contribution >= 0.6 is 11.8 Å². The van der Waals surface area contributed by atoms with Gasteiger partial charge in [0.15, 0.2) is 0 Å². The molecule has 3 fully saturated rings. The van der Waals surface area contributed by atoms with Crippen molar-refractivity contribution in [2.24, 2.45) is 11.8 Å². The molecule has 0 saturated carbocycles. The molecule has 1 unspecified atom stereocenters. The summed E-state index contributed by atoms with van der Waals surface area (Å²) in [6.45, 7) is 5.95. The number of carbonyl (C=O) groups excluding carboxylic acids is 3. The van der Waals surface area contributed by atoms with Crippen LogP contribution in [0.5, 0.6) is 0 Å². The van der Waals surface area contributed by atoms with Crippen LogP contribution in [0.2, 0.25) is 0 Å². The number of hydrogen-bond acceptors (Lipinski definition) is 8. The normalized spacial score (nSPS) is 33.1. The summed E-state index contributed by atoms with van der Waals surface area (Å²) in [5.74, 6) is -2.12. The minimum Gasteiger partial charge on any atom is -0.477 e. The summed E-state index contributed by atoms with van der Waals surface area (Å²) in [5, 5.41) is 22.2. The van der Waals surface area contributed by atoms with E-state index in [1.165, 1.54) is 16.7 Å². The third-order valence-electron chi connectivity index (χ3n) is 7.65. The Morgan fingerprint density at radius 2 is 2.03 bits per heavy atom. The largest absolute Gasteiger partial charge is 0.477 e. The number of likely N-dealkylation sites (N-methyl/N-ethyl adjacent to an activating group) is 2. The zero-order valence-electron chi connectivity index (χ0n) is 20.7. The van der Waals surface area contributed by atoms with Crippen molar-refractivity contribution >= 4 is 35.5 Å². The van der Waals surface area contributed by atoms with Crippen molar-refractivity contribution in [3.05, 3.63) is 10.6 Å². The first-order chi connectivity index (χ1) is 16.7. The molecule has 0 aliphatic carbocycles. The van der Waals surface area contributed by atoms with Crippen molar-refractivity contribution in [1.82, 2.24) is 31.1 Å². The van der Waals surface area contributed by atoms with Gasteiger partial charge in [0.2, 0.25) is 17.7 Å². The van der Waals surface area contributed by atoms with Crippen LogP contribution < -0.4 is 21.3 Å². The highest BCUT2D eigenvalue weighted by atomic mass is 32.2. The predicted molar refractivity (Wildman–Crippen MR) is 131 cm³/mol. The van der Waals surface area contributed by atoms with E-state index in [9.17, 15) is 24.3 Å². The Morgan fingerprint density at radius 1 is 1.29 bits per heavy atom. The Kier molecular flexibility index (Phi) is 7.74. The quantitative estimate of drug-likeness (QED) is 0.242. The highest BCUT2D eigenvalue weighted by molar-refractivity contribution is 8.03. The number of carboxylic acid groups (broad SMARTS) is 1. The summed E-state index contributed by atoms with van der Waals surface area (Å²) in [6, 6.07) is -0.643. The van der Waals surface area contributed by atoms with Gasteiger partial charge in [0.25, 0.3) is 0 Å². The molecule has 194 valence electrons. The summed E-state index contributed by atoms with van der Waals surface area (Å²) in [4.78, 5) is 54.1. The van der Waals surface area contributed by atoms with E-state index in [0.717, 1.165) is 13.0 Å². The van der Waals surface area contributed by atoms with Crippen LogP contribution in [0.1, 0.15) is 26.7 Å². The molecule has 7 atom stereocenters. The molecule has 4 rings (SSSR count). The Bertz CT molecular complexity index is 928. The summed E-state index contributed by atoms with van der Waals surface area (Å²) in [5.41, 5.74) is 0.0497. The first-order valence-electron chi connectivity index (χ1n) is 12.3. The fourth-order valence-electron chi connectivity index (χ4n) is 5.83. The van der Waals surface area contributed by atoms with E-state index >= 15 is 0 Å². The highest BCUT2D eigenvalue weighted by Crippen LogP contribution is 2.51. The number of aliphatic carboxylic acids is 1. The van der Waals surface area contributed by atoms with E-state index in [0.29, 0.717) is 30.5 Å². The van der Waals surface area contributed by atoms with Crippen molar-refractivity contribution in [2.45, 2.75) is 56.1 Å². The lowest BCUT2D eigenvalue weighted by Crippen LogP contribution is -2.66. The fraction of sp³-hybridized carbons (Fsp3) is 0.739. The number of hydrogen-bond donors (Lipinski definition) is 5. The molecule has 0 radical (unpaired) electrons. The number of carbonyl (C=O) groups is 4. The third kappa shape index (κ3) is 4.81. The molecule has 4 heterocycles. The zero-order valence-corrected chi connectivity index (χ0v) is 21.5. The van der Waals surface area contributed by atoms with Crippen LogP contribution in [0, 0.1) is 11.8 Å². The van der Waals surface area contributed by atoms with Crippen LogP contribution in [-0.4, -0.2) is 108 Å². The lowest BCUT2D eigenvalue weighted by Gasteiger charge is -2.47. The van der Waals surface area contributed by atoms with Gasteiger partial charge in [-0.15, -0.1) is 11.8 Å². The fourth-order valence-corrected chi connectivity index (χ4v) is 7.31. The van der Waals surface area contributed by atoms with Gasteiger partial charge in [0.1, 0.15) is 5.70 Å². The van der Waals surface area contributed by atoms with Crippen molar-refractivity contribution < 1.29 is 24.3 Å².